The highest BCUT2D eigenvalue weighted by Gasteiger charge is 2.46. The third kappa shape index (κ3) is 8.37. The first-order valence-corrected chi connectivity index (χ1v) is 23.7. The lowest BCUT2D eigenvalue weighted by Gasteiger charge is -2.30. The number of rotatable bonds is 11. The van der Waals surface area contributed by atoms with Crippen LogP contribution in [0, 0.1) is 17.7 Å². The number of halogens is 2. The molecular formula is C43H52F2N8O6Si. The number of aromatic amines is 2. The van der Waals surface area contributed by atoms with Crippen LogP contribution in [0.25, 0.3) is 44.2 Å². The van der Waals surface area contributed by atoms with Crippen molar-refractivity contribution in [1.29, 1.82) is 0 Å². The number of likely N-dealkylation sites (tertiary alicyclic amines) is 1. The van der Waals surface area contributed by atoms with Gasteiger partial charge in [0.15, 0.2) is 0 Å². The van der Waals surface area contributed by atoms with Gasteiger partial charge < -0.3 is 40.2 Å². The Hall–Kier alpha value is -5.68. The SMILES string of the molecule is COC(=O)N[C@H](C(=O)N1CC(F)C[C@H]1c1ncc(-c2ccc(-c3ccc4c(ccc5[nH]c([C@@H]6C[Si](C)(C)CN6C(=O)[C@@H](NC(=O)CO)C(C)C)nc54)c3)c(F)c2)[nH]1)C(C)C. The van der Waals surface area contributed by atoms with Gasteiger partial charge in [-0.15, -0.1) is 0 Å². The fraction of sp³-hybridized carbons (Fsp3) is 0.442. The molecule has 2 aromatic heterocycles. The van der Waals surface area contributed by atoms with Crippen LogP contribution in [0.5, 0.6) is 0 Å². The summed E-state index contributed by atoms with van der Waals surface area (Å²) in [4.78, 5) is 70.9. The Bertz CT molecular complexity index is 2450. The van der Waals surface area contributed by atoms with Gasteiger partial charge in [-0.2, -0.15) is 0 Å². The molecule has 2 aliphatic rings. The van der Waals surface area contributed by atoms with Crippen LogP contribution in [0.1, 0.15) is 57.8 Å². The van der Waals surface area contributed by atoms with E-state index >= 15 is 4.39 Å². The number of aromatic nitrogens is 4. The number of alkyl carbamates (subject to hydrolysis) is 1. The van der Waals surface area contributed by atoms with Crippen LogP contribution in [0.15, 0.2) is 54.7 Å². The van der Waals surface area contributed by atoms with Crippen molar-refractivity contribution in [3.63, 3.8) is 0 Å². The number of methoxy groups -OCH3 is 1. The van der Waals surface area contributed by atoms with Crippen LogP contribution in [-0.2, 0) is 19.1 Å². The number of alkyl halides is 1. The molecule has 0 aliphatic carbocycles. The van der Waals surface area contributed by atoms with Gasteiger partial charge in [-0.1, -0.05) is 71.1 Å². The molecular weight excluding hydrogens is 791 g/mol. The summed E-state index contributed by atoms with van der Waals surface area (Å²) < 4.78 is 35.5. The topological polar surface area (TPSA) is 186 Å². The molecule has 0 bridgehead atoms. The predicted octanol–water partition coefficient (Wildman–Crippen LogP) is 6.17. The number of hydrogen-bond donors (Lipinski definition) is 5. The normalized spacial score (nSPS) is 20.0. The number of H-pyrrole nitrogens is 2. The molecule has 5 N–H and O–H groups in total. The van der Waals surface area contributed by atoms with Gasteiger partial charge in [-0.25, -0.2) is 23.5 Å². The molecule has 2 saturated heterocycles. The maximum Gasteiger partial charge on any atom is 0.407 e. The summed E-state index contributed by atoms with van der Waals surface area (Å²) in [6.45, 7) is 10.9. The third-order valence-corrected chi connectivity index (χ3v) is 14.3. The van der Waals surface area contributed by atoms with Crippen LogP contribution < -0.4 is 10.6 Å². The Labute approximate surface area is 347 Å². The maximum absolute atomic E-state index is 16.0. The van der Waals surface area contributed by atoms with Gasteiger partial charge in [0.05, 0.1) is 56.7 Å². The first-order chi connectivity index (χ1) is 28.5. The van der Waals surface area contributed by atoms with E-state index in [0.29, 0.717) is 40.2 Å². The van der Waals surface area contributed by atoms with E-state index in [2.05, 4.69) is 38.7 Å². The number of aliphatic hydroxyl groups excluding tert-OH is 1. The summed E-state index contributed by atoms with van der Waals surface area (Å²) in [5.41, 5.74) is 3.59. The van der Waals surface area contributed by atoms with E-state index in [1.54, 1.807) is 26.0 Å². The molecule has 318 valence electrons. The summed E-state index contributed by atoms with van der Waals surface area (Å²) in [6, 6.07) is 12.5. The quantitative estimate of drug-likeness (QED) is 0.0978. The number of hydrogen-bond acceptors (Lipinski definition) is 8. The summed E-state index contributed by atoms with van der Waals surface area (Å²) in [5.74, 6) is -1.15. The van der Waals surface area contributed by atoms with Crippen LogP contribution in [0.3, 0.4) is 0 Å². The Morgan fingerprint density at radius 3 is 2.30 bits per heavy atom. The zero-order chi connectivity index (χ0) is 43.2. The minimum atomic E-state index is -1.85. The number of fused-ring (bicyclic) bond motifs is 3. The first kappa shape index (κ1) is 42.4. The van der Waals surface area contributed by atoms with E-state index in [1.807, 2.05) is 49.1 Å². The number of benzene rings is 3. The molecule has 4 heterocycles. The molecule has 3 aromatic carbocycles. The van der Waals surface area contributed by atoms with Crippen molar-refractivity contribution >= 4 is 53.7 Å². The van der Waals surface area contributed by atoms with E-state index in [1.165, 1.54) is 24.3 Å². The molecule has 1 unspecified atom stereocenters. The Balaban J connectivity index is 1.12. The summed E-state index contributed by atoms with van der Waals surface area (Å²) in [5, 5.41) is 16.3. The number of imidazole rings is 2. The van der Waals surface area contributed by atoms with Crippen molar-refractivity contribution in [3.8, 4) is 22.4 Å². The highest BCUT2D eigenvalue weighted by Crippen LogP contribution is 2.40. The molecule has 17 heteroatoms. The molecule has 5 atom stereocenters. The van der Waals surface area contributed by atoms with Gasteiger partial charge in [-0.05, 0) is 47.0 Å². The van der Waals surface area contributed by atoms with Gasteiger partial charge in [0.25, 0.3) is 0 Å². The third-order valence-electron chi connectivity index (χ3n) is 11.6. The van der Waals surface area contributed by atoms with E-state index in [4.69, 9.17) is 9.72 Å². The second-order valence-corrected chi connectivity index (χ2v) is 22.4. The molecule has 7 rings (SSSR count). The highest BCUT2D eigenvalue weighted by atomic mass is 28.3. The molecule has 14 nitrogen and oxygen atoms in total. The summed E-state index contributed by atoms with van der Waals surface area (Å²) in [6.07, 6.45) is 0.117. The average Bonchev–Trinajstić information content (AvgIpc) is 4.02. The van der Waals surface area contributed by atoms with Crippen LogP contribution in [0.2, 0.25) is 19.1 Å². The van der Waals surface area contributed by atoms with E-state index in [0.717, 1.165) is 27.8 Å². The number of nitrogens with one attached hydrogen (secondary N) is 4. The van der Waals surface area contributed by atoms with Gasteiger partial charge in [0, 0.05) is 29.1 Å². The van der Waals surface area contributed by atoms with Crippen LogP contribution in [0.4, 0.5) is 13.6 Å². The standard InChI is InChI=1S/C43H52F2N8O6Si/c1-22(2)36(49-35(55)19-54)42(57)53-21-60(6,7)20-34(53)40-47-31-13-10-25-14-24(8-12-29(25)38(31)50-40)28-11-9-26(15-30(28)45)32-17-46-39(48-32)33-16-27(44)18-52(33)41(56)37(23(3)4)51-43(58)59-5/h8-15,17,22-23,27,33-34,36-37,54H,16,18-21H2,1-7H3,(H,46,48)(H,47,50)(H,49,55)(H,51,58)/t27?,33-,34-,36-,37-/m0/s1. The Morgan fingerprint density at radius 1 is 0.917 bits per heavy atom. The largest absolute Gasteiger partial charge is 0.453 e. The van der Waals surface area contributed by atoms with E-state index in [9.17, 15) is 28.7 Å². The molecule has 4 amide bonds. The van der Waals surface area contributed by atoms with Crippen molar-refractivity contribution in [2.75, 3.05) is 26.4 Å². The number of nitrogens with zero attached hydrogens (tertiary/aromatic N) is 4. The van der Waals surface area contributed by atoms with Crippen LogP contribution >= 0.6 is 0 Å². The molecule has 60 heavy (non-hydrogen) atoms. The fourth-order valence-electron chi connectivity index (χ4n) is 8.54. The molecule has 2 aliphatic heterocycles. The van der Waals surface area contributed by atoms with Gasteiger partial charge in [-0.3, -0.25) is 14.4 Å². The van der Waals surface area contributed by atoms with Crippen molar-refractivity contribution < 1.29 is 37.8 Å². The predicted molar refractivity (Wildman–Crippen MR) is 225 cm³/mol. The number of ether oxygens (including phenoxy) is 1. The summed E-state index contributed by atoms with van der Waals surface area (Å²) in [7, 11) is -0.642. The van der Waals surface area contributed by atoms with E-state index in [-0.39, 0.29) is 36.8 Å². The zero-order valence-electron chi connectivity index (χ0n) is 34.8. The minimum absolute atomic E-state index is 0.0209. The van der Waals surface area contributed by atoms with Gasteiger partial charge in [0.2, 0.25) is 17.7 Å². The fourth-order valence-corrected chi connectivity index (χ4v) is 11.4. The van der Waals surface area contributed by atoms with E-state index < -0.39 is 62.7 Å². The molecule has 0 radical (unpaired) electrons. The highest BCUT2D eigenvalue weighted by molar-refractivity contribution is 6.78. The second-order valence-electron chi connectivity index (χ2n) is 17.4. The molecule has 0 saturated carbocycles. The number of carbonyl (C=O) groups is 4. The number of amides is 4. The minimum Gasteiger partial charge on any atom is -0.453 e. The molecule has 0 spiro atoms. The first-order valence-electron chi connectivity index (χ1n) is 20.3. The lowest BCUT2D eigenvalue weighted by atomic mass is 9.98. The lowest BCUT2D eigenvalue weighted by molar-refractivity contribution is -0.139. The smallest absolute Gasteiger partial charge is 0.407 e. The van der Waals surface area contributed by atoms with Gasteiger partial charge in [0.1, 0.15) is 42.3 Å². The maximum atomic E-state index is 16.0. The van der Waals surface area contributed by atoms with Crippen molar-refractivity contribution in [3.05, 3.63) is 72.2 Å². The average molecular weight is 843 g/mol. The monoisotopic (exact) mass is 842 g/mol. The van der Waals surface area contributed by atoms with Crippen molar-refractivity contribution in [1.82, 2.24) is 40.4 Å². The second kappa shape index (κ2) is 16.8. The number of aliphatic hydroxyl groups is 1. The Kier molecular flexibility index (Phi) is 11.9. The molecule has 2 fully saturated rings. The lowest BCUT2D eigenvalue weighted by Crippen LogP contribution is -2.52. The number of carbonyl (C=O) groups excluding carboxylic acids is 4. The summed E-state index contributed by atoms with van der Waals surface area (Å²) >= 11 is 0. The Morgan fingerprint density at radius 2 is 1.62 bits per heavy atom. The van der Waals surface area contributed by atoms with Gasteiger partial charge >= 0.3 is 6.09 Å². The van der Waals surface area contributed by atoms with Crippen molar-refractivity contribution in [2.24, 2.45) is 11.8 Å². The molecule has 5 aromatic rings. The van der Waals surface area contributed by atoms with Crippen LogP contribution in [-0.4, -0.2) is 111 Å². The van der Waals surface area contributed by atoms with Crippen molar-refractivity contribution in [2.45, 2.75) is 83.6 Å². The zero-order valence-corrected chi connectivity index (χ0v) is 35.8.